The van der Waals surface area contributed by atoms with E-state index < -0.39 is 5.97 Å². The third-order valence-electron chi connectivity index (χ3n) is 4.49. The molecular formula is C25H23Cl2NO5. The largest absolute Gasteiger partial charge is 0.496 e. The van der Waals surface area contributed by atoms with Gasteiger partial charge in [-0.2, -0.15) is 0 Å². The molecule has 0 saturated carbocycles. The molecule has 0 spiro atoms. The zero-order valence-corrected chi connectivity index (χ0v) is 19.7. The number of oxime groups is 1. The predicted molar refractivity (Wildman–Crippen MR) is 129 cm³/mol. The maximum absolute atomic E-state index is 11.3. The van der Waals surface area contributed by atoms with Crippen LogP contribution in [-0.2, 0) is 20.8 Å². The zero-order valence-electron chi connectivity index (χ0n) is 18.2. The van der Waals surface area contributed by atoms with Gasteiger partial charge in [-0.05, 0) is 48.4 Å². The highest BCUT2D eigenvalue weighted by molar-refractivity contribution is 6.37. The number of nitrogens with zero attached hydrogens (tertiary/aromatic N) is 1. The van der Waals surface area contributed by atoms with E-state index in [0.717, 1.165) is 16.9 Å². The number of methoxy groups -OCH3 is 1. The van der Waals surface area contributed by atoms with E-state index in [0.29, 0.717) is 33.5 Å². The van der Waals surface area contributed by atoms with Crippen molar-refractivity contribution in [2.45, 2.75) is 13.3 Å². The maximum Gasteiger partial charge on any atom is 0.347 e. The van der Waals surface area contributed by atoms with Gasteiger partial charge in [-0.25, -0.2) is 4.79 Å². The van der Waals surface area contributed by atoms with Crippen LogP contribution < -0.4 is 9.47 Å². The van der Waals surface area contributed by atoms with Crippen molar-refractivity contribution in [2.75, 3.05) is 20.3 Å². The van der Waals surface area contributed by atoms with Gasteiger partial charge < -0.3 is 19.0 Å². The first-order valence-corrected chi connectivity index (χ1v) is 10.9. The standard InChI is InChI=1S/C25H23Cl2NO5/c1-3-31-24(29)16-32-28-15-18-12-21(26)25(22(27)13-18)33-20-9-10-23(30-2)19(14-20)11-17-7-5-4-6-8-17/h4-10,12-15H,3,11,16H2,1-2H3. The lowest BCUT2D eigenvalue weighted by molar-refractivity contribution is -0.148. The van der Waals surface area contributed by atoms with Gasteiger partial charge in [0.15, 0.2) is 5.75 Å². The summed E-state index contributed by atoms with van der Waals surface area (Å²) < 4.78 is 16.3. The van der Waals surface area contributed by atoms with E-state index in [1.54, 1.807) is 32.2 Å². The topological polar surface area (TPSA) is 66.4 Å². The average Bonchev–Trinajstić information content (AvgIpc) is 2.80. The van der Waals surface area contributed by atoms with Crippen LogP contribution in [0.4, 0.5) is 0 Å². The monoisotopic (exact) mass is 487 g/mol. The quantitative estimate of drug-likeness (QED) is 0.190. The molecule has 3 aromatic rings. The summed E-state index contributed by atoms with van der Waals surface area (Å²) in [6.07, 6.45) is 2.08. The molecule has 0 heterocycles. The molecular weight excluding hydrogens is 465 g/mol. The molecule has 0 N–H and O–H groups in total. The molecule has 6 nitrogen and oxygen atoms in total. The smallest absolute Gasteiger partial charge is 0.347 e. The van der Waals surface area contributed by atoms with E-state index >= 15 is 0 Å². The average molecular weight is 488 g/mol. The van der Waals surface area contributed by atoms with Crippen molar-refractivity contribution in [3.05, 3.63) is 87.4 Å². The number of ether oxygens (including phenoxy) is 3. The first-order chi connectivity index (χ1) is 16.0. The summed E-state index contributed by atoms with van der Waals surface area (Å²) in [6.45, 7) is 1.71. The lowest BCUT2D eigenvalue weighted by Gasteiger charge is -2.14. The van der Waals surface area contributed by atoms with Gasteiger partial charge in [-0.3, -0.25) is 0 Å². The van der Waals surface area contributed by atoms with Crippen LogP contribution in [-0.4, -0.2) is 32.5 Å². The van der Waals surface area contributed by atoms with Crippen molar-refractivity contribution >= 4 is 35.4 Å². The van der Waals surface area contributed by atoms with E-state index in [1.807, 2.05) is 30.3 Å². The van der Waals surface area contributed by atoms with Gasteiger partial charge in [0.2, 0.25) is 6.61 Å². The normalized spacial score (nSPS) is 10.8. The van der Waals surface area contributed by atoms with Crippen molar-refractivity contribution in [1.82, 2.24) is 0 Å². The summed E-state index contributed by atoms with van der Waals surface area (Å²) >= 11 is 12.8. The fourth-order valence-corrected chi connectivity index (χ4v) is 3.61. The van der Waals surface area contributed by atoms with E-state index in [9.17, 15) is 4.79 Å². The fraction of sp³-hybridized carbons (Fsp3) is 0.200. The van der Waals surface area contributed by atoms with Gasteiger partial charge in [0, 0.05) is 12.0 Å². The minimum absolute atomic E-state index is 0.278. The molecule has 0 aliphatic carbocycles. The predicted octanol–water partition coefficient (Wildman–Crippen LogP) is 6.30. The van der Waals surface area contributed by atoms with E-state index in [2.05, 4.69) is 17.3 Å². The van der Waals surface area contributed by atoms with Crippen LogP contribution in [0.2, 0.25) is 10.0 Å². The highest BCUT2D eigenvalue weighted by Gasteiger charge is 2.13. The Kier molecular flexibility index (Phi) is 8.98. The first-order valence-electron chi connectivity index (χ1n) is 10.2. The lowest BCUT2D eigenvalue weighted by Crippen LogP contribution is -2.10. The van der Waals surface area contributed by atoms with Crippen molar-refractivity contribution in [1.29, 1.82) is 0 Å². The Morgan fingerprint density at radius 1 is 1.03 bits per heavy atom. The molecule has 0 saturated heterocycles. The Morgan fingerprint density at radius 2 is 1.76 bits per heavy atom. The number of hydrogen-bond acceptors (Lipinski definition) is 6. The van der Waals surface area contributed by atoms with Gasteiger partial charge in [0.05, 0.1) is 30.0 Å². The molecule has 0 radical (unpaired) electrons. The lowest BCUT2D eigenvalue weighted by atomic mass is 10.0. The SMILES string of the molecule is CCOC(=O)CON=Cc1cc(Cl)c(Oc2ccc(OC)c(Cc3ccccc3)c2)c(Cl)c1. The molecule has 33 heavy (non-hydrogen) atoms. The van der Waals surface area contributed by atoms with Crippen LogP contribution >= 0.6 is 23.2 Å². The summed E-state index contributed by atoms with van der Waals surface area (Å²) in [6, 6.07) is 18.9. The van der Waals surface area contributed by atoms with Crippen LogP contribution in [0.15, 0.2) is 65.8 Å². The van der Waals surface area contributed by atoms with Crippen LogP contribution in [0, 0.1) is 0 Å². The minimum Gasteiger partial charge on any atom is -0.496 e. The number of esters is 1. The maximum atomic E-state index is 11.3. The van der Waals surface area contributed by atoms with E-state index in [4.69, 9.17) is 42.3 Å². The Hall–Kier alpha value is -3.22. The van der Waals surface area contributed by atoms with Gasteiger partial charge in [-0.15, -0.1) is 0 Å². The third kappa shape index (κ3) is 7.14. The van der Waals surface area contributed by atoms with Crippen molar-refractivity contribution in [2.24, 2.45) is 5.16 Å². The summed E-state index contributed by atoms with van der Waals surface area (Å²) in [5.41, 5.74) is 2.70. The molecule has 0 unspecified atom stereocenters. The van der Waals surface area contributed by atoms with Gasteiger partial charge in [-0.1, -0.05) is 58.7 Å². The summed E-state index contributed by atoms with van der Waals surface area (Å²) in [5, 5.41) is 4.33. The Morgan fingerprint density at radius 3 is 2.42 bits per heavy atom. The second kappa shape index (κ2) is 12.1. The molecule has 3 rings (SSSR count). The number of rotatable bonds is 10. The molecule has 172 valence electrons. The highest BCUT2D eigenvalue weighted by atomic mass is 35.5. The molecule has 0 amide bonds. The fourth-order valence-electron chi connectivity index (χ4n) is 3.03. The van der Waals surface area contributed by atoms with Crippen molar-refractivity contribution in [3.63, 3.8) is 0 Å². The molecule has 8 heteroatoms. The number of carbonyl (C=O) groups is 1. The highest BCUT2D eigenvalue weighted by Crippen LogP contribution is 2.38. The molecule has 3 aromatic carbocycles. The number of hydrogen-bond donors (Lipinski definition) is 0. The molecule has 0 aliphatic rings. The van der Waals surface area contributed by atoms with Crippen LogP contribution in [0.3, 0.4) is 0 Å². The Labute approximate surface area is 202 Å². The van der Waals surface area contributed by atoms with Crippen LogP contribution in [0.5, 0.6) is 17.2 Å². The second-order valence-corrected chi connectivity index (χ2v) is 7.68. The molecule has 0 aliphatic heterocycles. The first kappa shape index (κ1) is 24.4. The van der Waals surface area contributed by atoms with E-state index in [1.165, 1.54) is 6.21 Å². The molecule has 0 fully saturated rings. The number of carbonyl (C=O) groups excluding carboxylic acids is 1. The number of halogens is 2. The van der Waals surface area contributed by atoms with Gasteiger partial charge in [0.1, 0.15) is 11.5 Å². The minimum atomic E-state index is -0.499. The van der Waals surface area contributed by atoms with Crippen LogP contribution in [0.25, 0.3) is 0 Å². The summed E-state index contributed by atoms with van der Waals surface area (Å²) in [5.74, 6) is 1.15. The molecule has 0 bridgehead atoms. The van der Waals surface area contributed by atoms with Gasteiger partial charge >= 0.3 is 5.97 Å². The molecule has 0 atom stereocenters. The third-order valence-corrected chi connectivity index (χ3v) is 5.06. The summed E-state index contributed by atoms with van der Waals surface area (Å²) in [7, 11) is 1.63. The second-order valence-electron chi connectivity index (χ2n) is 6.86. The summed E-state index contributed by atoms with van der Waals surface area (Å²) in [4.78, 5) is 16.2. The van der Waals surface area contributed by atoms with Crippen LogP contribution in [0.1, 0.15) is 23.6 Å². The Balaban J connectivity index is 1.74. The molecule has 0 aromatic heterocycles. The zero-order chi connectivity index (χ0) is 23.6. The van der Waals surface area contributed by atoms with Crippen molar-refractivity contribution in [3.8, 4) is 17.2 Å². The van der Waals surface area contributed by atoms with Gasteiger partial charge in [0.25, 0.3) is 0 Å². The van der Waals surface area contributed by atoms with E-state index in [-0.39, 0.29) is 13.2 Å². The van der Waals surface area contributed by atoms with Crippen molar-refractivity contribution < 1.29 is 23.8 Å². The Bertz CT molecular complexity index is 1100. The number of benzene rings is 3.